The fourth-order valence-corrected chi connectivity index (χ4v) is 5.30. The minimum absolute atomic E-state index is 0.0160. The fraction of sp³-hybridized carbons (Fsp3) is 0.312. The third-order valence-corrected chi connectivity index (χ3v) is 7.62. The zero-order chi connectivity index (χ0) is 29.6. The molecule has 2 aromatic heterocycles. The third kappa shape index (κ3) is 6.38. The Morgan fingerprint density at radius 3 is 2.38 bits per heavy atom. The van der Waals surface area contributed by atoms with Crippen LogP contribution in [0.3, 0.4) is 0 Å². The Morgan fingerprint density at radius 1 is 0.952 bits per heavy atom. The van der Waals surface area contributed by atoms with E-state index in [-0.39, 0.29) is 17.5 Å². The summed E-state index contributed by atoms with van der Waals surface area (Å²) >= 11 is 0. The largest absolute Gasteiger partial charge is 0.454 e. The molecule has 3 heterocycles. The molecule has 2 amide bonds. The Morgan fingerprint density at radius 2 is 1.69 bits per heavy atom. The molecular formula is C32H35N5O5. The van der Waals surface area contributed by atoms with Crippen LogP contribution in [0.25, 0.3) is 0 Å². The van der Waals surface area contributed by atoms with E-state index in [2.05, 4.69) is 11.8 Å². The number of hydrogen-bond donors (Lipinski definition) is 0. The van der Waals surface area contributed by atoms with Crippen molar-refractivity contribution < 1.29 is 18.9 Å². The van der Waals surface area contributed by atoms with E-state index in [1.807, 2.05) is 65.1 Å². The molecule has 1 aliphatic rings. The SMILES string of the molecule is CCCN(Cc1cccn1Cc1ccc(C(=O)N2CCN(c3ccc([N+](=O)[O-])cc3)CC2)o1)C(=O)c1ccccc1C. The predicted molar refractivity (Wildman–Crippen MR) is 160 cm³/mol. The number of carbonyl (C=O) groups excluding carboxylic acids is 2. The van der Waals surface area contributed by atoms with Crippen LogP contribution in [0.4, 0.5) is 11.4 Å². The summed E-state index contributed by atoms with van der Waals surface area (Å²) < 4.78 is 8.03. The van der Waals surface area contributed by atoms with Crippen LogP contribution < -0.4 is 4.90 Å². The van der Waals surface area contributed by atoms with E-state index in [0.717, 1.165) is 23.4 Å². The van der Waals surface area contributed by atoms with Crippen molar-refractivity contribution in [3.8, 4) is 0 Å². The van der Waals surface area contributed by atoms with E-state index in [9.17, 15) is 19.7 Å². The maximum absolute atomic E-state index is 13.3. The summed E-state index contributed by atoms with van der Waals surface area (Å²) in [6.45, 7) is 7.88. The summed E-state index contributed by atoms with van der Waals surface area (Å²) in [4.78, 5) is 42.8. The van der Waals surface area contributed by atoms with Gasteiger partial charge in [0.05, 0.1) is 18.0 Å². The first-order valence-electron chi connectivity index (χ1n) is 14.2. The summed E-state index contributed by atoms with van der Waals surface area (Å²) in [6, 6.07) is 21.6. The van der Waals surface area contributed by atoms with E-state index in [1.165, 1.54) is 12.1 Å². The molecule has 0 radical (unpaired) electrons. The molecule has 10 heteroatoms. The first-order valence-corrected chi connectivity index (χ1v) is 14.2. The van der Waals surface area contributed by atoms with E-state index in [1.54, 1.807) is 23.1 Å². The molecule has 0 bridgehead atoms. The van der Waals surface area contributed by atoms with Crippen LogP contribution in [-0.4, -0.2) is 63.8 Å². The second-order valence-electron chi connectivity index (χ2n) is 10.5. The second-order valence-corrected chi connectivity index (χ2v) is 10.5. The van der Waals surface area contributed by atoms with Crippen molar-refractivity contribution in [2.24, 2.45) is 0 Å². The topological polar surface area (TPSA) is 105 Å². The number of anilines is 1. The lowest BCUT2D eigenvalue weighted by Gasteiger charge is -2.35. The van der Waals surface area contributed by atoms with Crippen LogP contribution >= 0.6 is 0 Å². The number of rotatable bonds is 10. The molecule has 4 aromatic rings. The molecule has 0 saturated carbocycles. The number of nitro groups is 1. The Bertz CT molecular complexity index is 1550. The van der Waals surface area contributed by atoms with Gasteiger partial charge in [0.1, 0.15) is 5.76 Å². The van der Waals surface area contributed by atoms with Crippen LogP contribution in [0.5, 0.6) is 0 Å². The van der Waals surface area contributed by atoms with Crippen molar-refractivity contribution in [2.75, 3.05) is 37.6 Å². The van der Waals surface area contributed by atoms with Gasteiger partial charge < -0.3 is 23.7 Å². The number of piperazine rings is 1. The molecule has 0 atom stereocenters. The highest BCUT2D eigenvalue weighted by Crippen LogP contribution is 2.22. The molecule has 5 rings (SSSR count). The number of amides is 2. The Balaban J connectivity index is 1.20. The lowest BCUT2D eigenvalue weighted by Crippen LogP contribution is -2.48. The van der Waals surface area contributed by atoms with Gasteiger partial charge in [0, 0.05) is 68.0 Å². The normalized spacial score (nSPS) is 13.3. The predicted octanol–water partition coefficient (Wildman–Crippen LogP) is 5.36. The van der Waals surface area contributed by atoms with Crippen LogP contribution in [0.2, 0.25) is 0 Å². The number of aryl methyl sites for hydroxylation is 1. The Kier molecular flexibility index (Phi) is 8.71. The number of furan rings is 1. The Labute approximate surface area is 244 Å². The quantitative estimate of drug-likeness (QED) is 0.188. The molecule has 1 aliphatic heterocycles. The maximum Gasteiger partial charge on any atom is 0.289 e. The van der Waals surface area contributed by atoms with E-state index < -0.39 is 4.92 Å². The average Bonchev–Trinajstić information content (AvgIpc) is 3.66. The number of hydrogen-bond acceptors (Lipinski definition) is 6. The van der Waals surface area contributed by atoms with Crippen LogP contribution in [0, 0.1) is 17.0 Å². The maximum atomic E-state index is 13.3. The molecule has 42 heavy (non-hydrogen) atoms. The molecular weight excluding hydrogens is 534 g/mol. The van der Waals surface area contributed by atoms with Crippen molar-refractivity contribution >= 4 is 23.2 Å². The first kappa shape index (κ1) is 28.7. The minimum Gasteiger partial charge on any atom is -0.454 e. The molecule has 218 valence electrons. The monoisotopic (exact) mass is 569 g/mol. The van der Waals surface area contributed by atoms with Crippen molar-refractivity contribution in [3.05, 3.63) is 117 Å². The number of non-ortho nitro benzene ring substituents is 1. The number of nitro benzene ring substituents is 1. The molecule has 1 fully saturated rings. The summed E-state index contributed by atoms with van der Waals surface area (Å²) in [5.41, 5.74) is 3.61. The molecule has 0 spiro atoms. The highest BCUT2D eigenvalue weighted by Gasteiger charge is 2.25. The van der Waals surface area contributed by atoms with Crippen molar-refractivity contribution in [2.45, 2.75) is 33.4 Å². The minimum atomic E-state index is -0.413. The summed E-state index contributed by atoms with van der Waals surface area (Å²) in [6.07, 6.45) is 2.81. The summed E-state index contributed by atoms with van der Waals surface area (Å²) in [7, 11) is 0. The van der Waals surface area contributed by atoms with Crippen LogP contribution in [0.15, 0.2) is 83.4 Å². The van der Waals surface area contributed by atoms with Gasteiger partial charge in [-0.15, -0.1) is 0 Å². The third-order valence-electron chi connectivity index (χ3n) is 7.62. The van der Waals surface area contributed by atoms with Gasteiger partial charge in [-0.2, -0.15) is 0 Å². The van der Waals surface area contributed by atoms with Crippen LogP contribution in [0.1, 0.15) is 51.3 Å². The highest BCUT2D eigenvalue weighted by atomic mass is 16.6. The highest BCUT2D eigenvalue weighted by molar-refractivity contribution is 5.95. The number of nitrogens with zero attached hydrogens (tertiary/aromatic N) is 5. The smallest absolute Gasteiger partial charge is 0.289 e. The van der Waals surface area contributed by atoms with Gasteiger partial charge in [0.2, 0.25) is 0 Å². The van der Waals surface area contributed by atoms with E-state index in [4.69, 9.17) is 4.42 Å². The molecule has 0 unspecified atom stereocenters. The average molecular weight is 570 g/mol. The van der Waals surface area contributed by atoms with E-state index in [0.29, 0.717) is 62.9 Å². The zero-order valence-electron chi connectivity index (χ0n) is 23.9. The van der Waals surface area contributed by atoms with Gasteiger partial charge in [0.25, 0.3) is 17.5 Å². The second kappa shape index (κ2) is 12.8. The van der Waals surface area contributed by atoms with Crippen molar-refractivity contribution in [1.29, 1.82) is 0 Å². The van der Waals surface area contributed by atoms with Gasteiger partial charge in [-0.3, -0.25) is 19.7 Å². The summed E-state index contributed by atoms with van der Waals surface area (Å²) in [5, 5.41) is 10.9. The lowest BCUT2D eigenvalue weighted by atomic mass is 10.1. The summed E-state index contributed by atoms with van der Waals surface area (Å²) in [5.74, 6) is 0.815. The van der Waals surface area contributed by atoms with Gasteiger partial charge in [-0.1, -0.05) is 25.1 Å². The zero-order valence-corrected chi connectivity index (χ0v) is 23.9. The molecule has 2 aromatic carbocycles. The number of aromatic nitrogens is 1. The van der Waals surface area contributed by atoms with Gasteiger partial charge in [-0.25, -0.2) is 0 Å². The van der Waals surface area contributed by atoms with Gasteiger partial charge >= 0.3 is 0 Å². The first-order chi connectivity index (χ1) is 20.3. The Hall–Kier alpha value is -4.86. The van der Waals surface area contributed by atoms with Crippen molar-refractivity contribution in [3.63, 3.8) is 0 Å². The van der Waals surface area contributed by atoms with Crippen molar-refractivity contribution in [1.82, 2.24) is 14.4 Å². The standard InChI is InChI=1S/C32H35N5O5/c1-3-16-36(31(38)29-9-5-4-7-24(29)2)22-27-8-6-17-35(27)23-28-14-15-30(42-28)32(39)34-20-18-33(19-21-34)25-10-12-26(13-11-25)37(40)41/h4-15,17H,3,16,18-23H2,1-2H3. The number of benzene rings is 2. The molecule has 1 saturated heterocycles. The molecule has 10 nitrogen and oxygen atoms in total. The molecule has 0 aliphatic carbocycles. The van der Waals surface area contributed by atoms with E-state index >= 15 is 0 Å². The fourth-order valence-electron chi connectivity index (χ4n) is 5.30. The molecule has 0 N–H and O–H groups in total. The number of carbonyl (C=O) groups is 2. The lowest BCUT2D eigenvalue weighted by molar-refractivity contribution is -0.384. The van der Waals surface area contributed by atoms with Gasteiger partial charge in [-0.05, 0) is 61.4 Å². The van der Waals surface area contributed by atoms with Crippen LogP contribution in [-0.2, 0) is 13.1 Å². The van der Waals surface area contributed by atoms with Gasteiger partial charge in [0.15, 0.2) is 5.76 Å².